The molecule has 0 fully saturated rings. The van der Waals surface area contributed by atoms with E-state index >= 15 is 0 Å². The lowest BCUT2D eigenvalue weighted by molar-refractivity contribution is 0.212. The summed E-state index contributed by atoms with van der Waals surface area (Å²) in [6.07, 6.45) is 0. The minimum Gasteiger partial charge on any atom is -0.496 e. The van der Waals surface area contributed by atoms with Crippen LogP contribution in [0.4, 0.5) is 0 Å². The number of benzene rings is 1. The number of hydrogen-bond acceptors (Lipinski definition) is 5. The molecule has 1 aromatic heterocycles. The maximum absolute atomic E-state index is 5.48. The highest BCUT2D eigenvalue weighted by Gasteiger charge is 2.19. The molecule has 2 rings (SSSR count). The van der Waals surface area contributed by atoms with Gasteiger partial charge in [0.2, 0.25) is 11.8 Å². The summed E-state index contributed by atoms with van der Waals surface area (Å²) < 4.78 is 11.9. The zero-order valence-electron chi connectivity index (χ0n) is 12.1. The van der Waals surface area contributed by atoms with Gasteiger partial charge < -0.3 is 9.15 Å². The maximum Gasteiger partial charge on any atom is 0.233 e. The van der Waals surface area contributed by atoms with Crippen molar-refractivity contribution >= 4 is 15.9 Å². The number of methoxy groups -OCH3 is 1. The smallest absolute Gasteiger partial charge is 0.233 e. The fourth-order valence-electron chi connectivity index (χ4n) is 1.95. The predicted octanol–water partition coefficient (Wildman–Crippen LogP) is 3.34. The third-order valence-corrected chi connectivity index (χ3v) is 3.72. The normalized spacial score (nSPS) is 12.7. The van der Waals surface area contributed by atoms with Crippen LogP contribution in [0.5, 0.6) is 5.75 Å². The van der Waals surface area contributed by atoms with Gasteiger partial charge in [-0.25, -0.2) is 0 Å². The van der Waals surface area contributed by atoms with Crippen LogP contribution < -0.4 is 4.74 Å². The van der Waals surface area contributed by atoms with Gasteiger partial charge in [-0.2, -0.15) is 0 Å². The van der Waals surface area contributed by atoms with Crippen LogP contribution in [0.15, 0.2) is 27.1 Å². The second-order valence-electron chi connectivity index (χ2n) is 4.71. The van der Waals surface area contributed by atoms with Crippen LogP contribution in [-0.4, -0.2) is 29.3 Å². The maximum atomic E-state index is 5.48. The van der Waals surface area contributed by atoms with Gasteiger partial charge in [0.05, 0.1) is 13.2 Å². The average Bonchev–Trinajstić information content (AvgIpc) is 2.84. The molecule has 0 aliphatic carbocycles. The largest absolute Gasteiger partial charge is 0.496 e. The number of aryl methyl sites for hydroxylation is 1. The Morgan fingerprint density at radius 2 is 2.15 bits per heavy atom. The summed E-state index contributed by atoms with van der Waals surface area (Å²) in [6, 6.07) is 6.02. The fraction of sp³-hybridized carbons (Fsp3) is 0.429. The third-order valence-electron chi connectivity index (χ3n) is 3.22. The predicted molar refractivity (Wildman–Crippen MR) is 79.6 cm³/mol. The number of ether oxygens (including phenoxy) is 1. The molecule has 1 heterocycles. The third kappa shape index (κ3) is 3.37. The number of rotatable bonds is 5. The molecule has 0 amide bonds. The molecule has 2 aromatic rings. The van der Waals surface area contributed by atoms with Gasteiger partial charge in [0.15, 0.2) is 0 Å². The minimum atomic E-state index is 0.0416. The second kappa shape index (κ2) is 6.37. The zero-order chi connectivity index (χ0) is 14.7. The molecule has 0 spiro atoms. The van der Waals surface area contributed by atoms with Gasteiger partial charge in [0.25, 0.3) is 0 Å². The van der Waals surface area contributed by atoms with Gasteiger partial charge in [0.1, 0.15) is 5.75 Å². The Kier molecular flexibility index (Phi) is 4.77. The highest BCUT2D eigenvalue weighted by atomic mass is 79.9. The van der Waals surface area contributed by atoms with E-state index in [1.165, 1.54) is 0 Å². The number of nitrogens with zero attached hydrogens (tertiary/aromatic N) is 3. The van der Waals surface area contributed by atoms with E-state index in [9.17, 15) is 0 Å². The van der Waals surface area contributed by atoms with Crippen molar-refractivity contribution in [3.63, 3.8) is 0 Å². The monoisotopic (exact) mass is 339 g/mol. The van der Waals surface area contributed by atoms with Crippen molar-refractivity contribution in [3.8, 4) is 5.75 Å². The molecule has 6 heteroatoms. The molecule has 0 bridgehead atoms. The molecule has 0 unspecified atom stereocenters. The summed E-state index contributed by atoms with van der Waals surface area (Å²) in [6.45, 7) is 4.56. The van der Waals surface area contributed by atoms with Crippen molar-refractivity contribution in [1.29, 1.82) is 0 Å². The van der Waals surface area contributed by atoms with Crippen molar-refractivity contribution in [2.75, 3.05) is 14.2 Å². The van der Waals surface area contributed by atoms with E-state index in [0.29, 0.717) is 11.8 Å². The van der Waals surface area contributed by atoms with Gasteiger partial charge in [-0.3, -0.25) is 4.90 Å². The first-order valence-electron chi connectivity index (χ1n) is 6.34. The van der Waals surface area contributed by atoms with Crippen LogP contribution in [-0.2, 0) is 6.54 Å². The van der Waals surface area contributed by atoms with Crippen molar-refractivity contribution in [1.82, 2.24) is 15.1 Å². The van der Waals surface area contributed by atoms with Crippen molar-refractivity contribution in [3.05, 3.63) is 40.0 Å². The van der Waals surface area contributed by atoms with E-state index in [2.05, 4.69) is 37.1 Å². The van der Waals surface area contributed by atoms with Crippen LogP contribution >= 0.6 is 15.9 Å². The van der Waals surface area contributed by atoms with Crippen molar-refractivity contribution in [2.45, 2.75) is 26.4 Å². The zero-order valence-corrected chi connectivity index (χ0v) is 13.6. The Balaban J connectivity index is 2.15. The summed E-state index contributed by atoms with van der Waals surface area (Å²) in [4.78, 5) is 2.14. The van der Waals surface area contributed by atoms with E-state index in [-0.39, 0.29) is 6.04 Å². The average molecular weight is 340 g/mol. The summed E-state index contributed by atoms with van der Waals surface area (Å²) in [5.74, 6) is 2.08. The molecule has 1 atom stereocenters. The molecule has 0 N–H and O–H groups in total. The van der Waals surface area contributed by atoms with E-state index in [1.54, 1.807) is 14.0 Å². The first-order chi connectivity index (χ1) is 9.51. The Labute approximate surface area is 127 Å². The topological polar surface area (TPSA) is 51.4 Å². The Morgan fingerprint density at radius 1 is 1.40 bits per heavy atom. The van der Waals surface area contributed by atoms with Crippen LogP contribution in [0.1, 0.15) is 30.3 Å². The minimum absolute atomic E-state index is 0.0416. The van der Waals surface area contributed by atoms with Gasteiger partial charge in [-0.1, -0.05) is 15.9 Å². The van der Waals surface area contributed by atoms with Crippen molar-refractivity contribution in [2.24, 2.45) is 0 Å². The van der Waals surface area contributed by atoms with E-state index in [4.69, 9.17) is 9.15 Å². The highest BCUT2D eigenvalue weighted by Crippen LogP contribution is 2.27. The summed E-state index contributed by atoms with van der Waals surface area (Å²) in [5, 5.41) is 7.94. The molecule has 0 aliphatic rings. The van der Waals surface area contributed by atoms with Gasteiger partial charge in [-0.05, 0) is 32.2 Å². The molecule has 0 aliphatic heterocycles. The summed E-state index contributed by atoms with van der Waals surface area (Å²) >= 11 is 3.49. The molecule has 20 heavy (non-hydrogen) atoms. The SMILES string of the molecule is COc1ccc(Br)cc1CN(C)[C@@H](C)c1nnc(C)o1. The molecule has 0 saturated heterocycles. The van der Waals surface area contributed by atoms with E-state index in [1.807, 2.05) is 26.1 Å². The first-order valence-corrected chi connectivity index (χ1v) is 7.13. The van der Waals surface area contributed by atoms with E-state index in [0.717, 1.165) is 22.3 Å². The van der Waals surface area contributed by atoms with Gasteiger partial charge in [0, 0.05) is 23.5 Å². The number of hydrogen-bond donors (Lipinski definition) is 0. The van der Waals surface area contributed by atoms with Crippen LogP contribution in [0.25, 0.3) is 0 Å². The second-order valence-corrected chi connectivity index (χ2v) is 5.62. The lowest BCUT2D eigenvalue weighted by Gasteiger charge is -2.22. The molecule has 0 radical (unpaired) electrons. The van der Waals surface area contributed by atoms with Crippen LogP contribution in [0.3, 0.4) is 0 Å². The number of halogens is 1. The van der Waals surface area contributed by atoms with Gasteiger partial charge >= 0.3 is 0 Å². The fourth-order valence-corrected chi connectivity index (χ4v) is 2.35. The Hall–Kier alpha value is -1.40. The quantitative estimate of drug-likeness (QED) is 0.836. The first kappa shape index (κ1) is 15.0. The lowest BCUT2D eigenvalue weighted by atomic mass is 10.1. The van der Waals surface area contributed by atoms with Crippen LogP contribution in [0.2, 0.25) is 0 Å². The Morgan fingerprint density at radius 3 is 2.75 bits per heavy atom. The van der Waals surface area contributed by atoms with Gasteiger partial charge in [-0.15, -0.1) is 10.2 Å². The standard InChI is InChI=1S/C14H18BrN3O2/c1-9(14-17-16-10(2)20-14)18(3)8-11-7-12(15)5-6-13(11)19-4/h5-7,9H,8H2,1-4H3/t9-/m0/s1. The Bertz CT molecular complexity index is 586. The number of aromatic nitrogens is 2. The molecular weight excluding hydrogens is 322 g/mol. The summed E-state index contributed by atoms with van der Waals surface area (Å²) in [5.41, 5.74) is 1.10. The molecular formula is C14H18BrN3O2. The van der Waals surface area contributed by atoms with Crippen LogP contribution in [0, 0.1) is 6.92 Å². The lowest BCUT2D eigenvalue weighted by Crippen LogP contribution is -2.22. The van der Waals surface area contributed by atoms with E-state index < -0.39 is 0 Å². The molecule has 0 saturated carbocycles. The summed E-state index contributed by atoms with van der Waals surface area (Å²) in [7, 11) is 3.70. The molecule has 1 aromatic carbocycles. The highest BCUT2D eigenvalue weighted by molar-refractivity contribution is 9.10. The molecule has 108 valence electrons. The van der Waals surface area contributed by atoms with Crippen molar-refractivity contribution < 1.29 is 9.15 Å². The molecule has 5 nitrogen and oxygen atoms in total.